The number of ether oxygens (including phenoxy) is 2. The van der Waals surface area contributed by atoms with Crippen molar-refractivity contribution in [2.75, 3.05) is 13.2 Å². The fourth-order valence-electron chi connectivity index (χ4n) is 0.952. The van der Waals surface area contributed by atoms with E-state index < -0.39 is 0 Å². The van der Waals surface area contributed by atoms with Crippen LogP contribution in [-0.4, -0.2) is 19.3 Å². The third-order valence-corrected chi connectivity index (χ3v) is 1.86. The number of epoxide rings is 1. The van der Waals surface area contributed by atoms with Crippen molar-refractivity contribution < 1.29 is 9.47 Å². The Morgan fingerprint density at radius 2 is 2.31 bits per heavy atom. The van der Waals surface area contributed by atoms with E-state index >= 15 is 0 Å². The molecule has 1 aliphatic rings. The van der Waals surface area contributed by atoms with Gasteiger partial charge in [-0.2, -0.15) is 0 Å². The molecule has 0 spiro atoms. The lowest BCUT2D eigenvalue weighted by Gasteiger charge is -2.11. The lowest BCUT2D eigenvalue weighted by molar-refractivity contribution is 0.161. The summed E-state index contributed by atoms with van der Waals surface area (Å²) in [4.78, 5) is 0. The lowest BCUT2D eigenvalue weighted by atomic mass is 10.1. The van der Waals surface area contributed by atoms with Crippen LogP contribution in [-0.2, 0) is 9.47 Å². The van der Waals surface area contributed by atoms with Gasteiger partial charge >= 0.3 is 0 Å². The molecule has 0 radical (unpaired) electrons. The Balaban J connectivity index is 2.35. The summed E-state index contributed by atoms with van der Waals surface area (Å²) in [6.07, 6.45) is 6.36. The van der Waals surface area contributed by atoms with Crippen LogP contribution in [0.25, 0.3) is 0 Å². The molecule has 0 saturated carbocycles. The quantitative estimate of drug-likeness (QED) is 0.370. The largest absolute Gasteiger partial charge is 0.495 e. The third kappa shape index (κ3) is 4.13. The predicted molar refractivity (Wildman–Crippen MR) is 53.4 cm³/mol. The zero-order valence-corrected chi connectivity index (χ0v) is 8.62. The summed E-state index contributed by atoms with van der Waals surface area (Å²) in [5.41, 5.74) is 0. The first-order chi connectivity index (χ1) is 6.24. The summed E-state index contributed by atoms with van der Waals surface area (Å²) in [6, 6.07) is 0. The standard InChI is InChI=1S/C11H18O2/c1-4-5-6-11(9(2)3)13-8-10-7-12-10/h4-6,9-10H,7-8H2,1-3H3/b5-4-,11-6+. The van der Waals surface area contributed by atoms with Crippen LogP contribution in [0.2, 0.25) is 0 Å². The number of rotatable bonds is 5. The number of hydrogen-bond donors (Lipinski definition) is 0. The van der Waals surface area contributed by atoms with Crippen molar-refractivity contribution in [1.29, 1.82) is 0 Å². The highest BCUT2D eigenvalue weighted by Crippen LogP contribution is 2.16. The molecule has 0 aliphatic carbocycles. The average molecular weight is 182 g/mol. The van der Waals surface area contributed by atoms with E-state index in [-0.39, 0.29) is 0 Å². The van der Waals surface area contributed by atoms with Gasteiger partial charge in [0.15, 0.2) is 0 Å². The molecule has 0 bridgehead atoms. The van der Waals surface area contributed by atoms with Gasteiger partial charge < -0.3 is 9.47 Å². The van der Waals surface area contributed by atoms with Crippen LogP contribution in [0.15, 0.2) is 24.0 Å². The second kappa shape index (κ2) is 5.07. The van der Waals surface area contributed by atoms with Gasteiger partial charge in [-0.1, -0.05) is 26.0 Å². The molecular formula is C11H18O2. The van der Waals surface area contributed by atoms with E-state index in [9.17, 15) is 0 Å². The summed E-state index contributed by atoms with van der Waals surface area (Å²) in [7, 11) is 0. The van der Waals surface area contributed by atoms with Gasteiger partial charge in [-0.25, -0.2) is 0 Å². The van der Waals surface area contributed by atoms with Crippen molar-refractivity contribution in [1.82, 2.24) is 0 Å². The van der Waals surface area contributed by atoms with Gasteiger partial charge in [0.1, 0.15) is 12.7 Å². The molecule has 1 saturated heterocycles. The summed E-state index contributed by atoms with van der Waals surface area (Å²) < 4.78 is 10.7. The van der Waals surface area contributed by atoms with E-state index in [1.165, 1.54) is 0 Å². The molecule has 1 rings (SSSR count). The Labute approximate surface area is 80.2 Å². The fraction of sp³-hybridized carbons (Fsp3) is 0.636. The summed E-state index contributed by atoms with van der Waals surface area (Å²) in [6.45, 7) is 7.81. The van der Waals surface area contributed by atoms with Gasteiger partial charge in [-0.15, -0.1) is 0 Å². The minimum atomic E-state index is 0.341. The van der Waals surface area contributed by atoms with Crippen LogP contribution in [0.5, 0.6) is 0 Å². The number of hydrogen-bond acceptors (Lipinski definition) is 2. The lowest BCUT2D eigenvalue weighted by Crippen LogP contribution is -2.05. The molecule has 1 heterocycles. The summed E-state index contributed by atoms with van der Waals surface area (Å²) in [5.74, 6) is 1.48. The molecule has 0 amide bonds. The number of allylic oxidation sites excluding steroid dienone is 4. The SMILES string of the molecule is C/C=C\C=C(\OCC1CO1)C(C)C. The van der Waals surface area contributed by atoms with Crippen molar-refractivity contribution in [2.45, 2.75) is 26.9 Å². The van der Waals surface area contributed by atoms with Gasteiger partial charge in [-0.05, 0) is 13.0 Å². The maximum absolute atomic E-state index is 5.61. The summed E-state index contributed by atoms with van der Waals surface area (Å²) >= 11 is 0. The molecule has 0 aromatic heterocycles. The van der Waals surface area contributed by atoms with E-state index in [1.807, 2.05) is 25.2 Å². The Morgan fingerprint density at radius 3 is 2.77 bits per heavy atom. The van der Waals surface area contributed by atoms with Gasteiger partial charge in [0.05, 0.1) is 12.4 Å². The van der Waals surface area contributed by atoms with Crippen molar-refractivity contribution in [3.63, 3.8) is 0 Å². The fourth-order valence-corrected chi connectivity index (χ4v) is 0.952. The van der Waals surface area contributed by atoms with Gasteiger partial charge in [0, 0.05) is 5.92 Å². The van der Waals surface area contributed by atoms with Crippen LogP contribution >= 0.6 is 0 Å². The van der Waals surface area contributed by atoms with Crippen LogP contribution in [0.3, 0.4) is 0 Å². The van der Waals surface area contributed by atoms with Crippen molar-refractivity contribution >= 4 is 0 Å². The minimum absolute atomic E-state index is 0.341. The smallest absolute Gasteiger partial charge is 0.116 e. The maximum atomic E-state index is 5.61. The van der Waals surface area contributed by atoms with Crippen LogP contribution in [0.1, 0.15) is 20.8 Å². The first kappa shape index (κ1) is 10.3. The molecule has 2 heteroatoms. The zero-order chi connectivity index (χ0) is 9.68. The van der Waals surface area contributed by atoms with E-state index in [1.54, 1.807) is 0 Å². The highest BCUT2D eigenvalue weighted by atomic mass is 16.6. The molecule has 0 aromatic rings. The highest BCUT2D eigenvalue weighted by Gasteiger charge is 2.23. The van der Waals surface area contributed by atoms with E-state index in [2.05, 4.69) is 13.8 Å². The van der Waals surface area contributed by atoms with Crippen LogP contribution in [0, 0.1) is 5.92 Å². The average Bonchev–Trinajstić information content (AvgIpc) is 2.87. The molecule has 0 aromatic carbocycles. The first-order valence-corrected chi connectivity index (χ1v) is 4.81. The van der Waals surface area contributed by atoms with Crippen LogP contribution < -0.4 is 0 Å². The van der Waals surface area contributed by atoms with Crippen molar-refractivity contribution in [2.24, 2.45) is 5.92 Å². The molecule has 1 fully saturated rings. The maximum Gasteiger partial charge on any atom is 0.116 e. The topological polar surface area (TPSA) is 21.8 Å². The third-order valence-electron chi connectivity index (χ3n) is 1.86. The molecular weight excluding hydrogens is 164 g/mol. The molecule has 0 N–H and O–H groups in total. The normalized spacial score (nSPS) is 22.8. The summed E-state index contributed by atoms with van der Waals surface area (Å²) in [5, 5.41) is 0. The molecule has 2 nitrogen and oxygen atoms in total. The monoisotopic (exact) mass is 182 g/mol. The minimum Gasteiger partial charge on any atom is -0.495 e. The Bertz CT molecular complexity index is 200. The Morgan fingerprint density at radius 1 is 1.62 bits per heavy atom. The van der Waals surface area contributed by atoms with E-state index in [0.717, 1.165) is 12.4 Å². The molecule has 74 valence electrons. The first-order valence-electron chi connectivity index (χ1n) is 4.81. The highest BCUT2D eigenvalue weighted by molar-refractivity contribution is 5.08. The van der Waals surface area contributed by atoms with E-state index in [0.29, 0.717) is 18.6 Å². The van der Waals surface area contributed by atoms with Crippen molar-refractivity contribution in [3.05, 3.63) is 24.0 Å². The predicted octanol–water partition coefficient (Wildman–Crippen LogP) is 2.52. The second-order valence-electron chi connectivity index (χ2n) is 3.52. The molecule has 1 unspecified atom stereocenters. The van der Waals surface area contributed by atoms with Crippen LogP contribution in [0.4, 0.5) is 0 Å². The van der Waals surface area contributed by atoms with Gasteiger partial charge in [0.2, 0.25) is 0 Å². The second-order valence-corrected chi connectivity index (χ2v) is 3.52. The van der Waals surface area contributed by atoms with Gasteiger partial charge in [0.25, 0.3) is 0 Å². The molecule has 1 atom stereocenters. The van der Waals surface area contributed by atoms with Gasteiger partial charge in [-0.3, -0.25) is 0 Å². The zero-order valence-electron chi connectivity index (χ0n) is 8.62. The van der Waals surface area contributed by atoms with E-state index in [4.69, 9.17) is 9.47 Å². The van der Waals surface area contributed by atoms with Crippen molar-refractivity contribution in [3.8, 4) is 0 Å². The molecule has 1 aliphatic heterocycles. The Hall–Kier alpha value is -0.760. The Kier molecular flexibility index (Phi) is 4.03. The molecule has 13 heavy (non-hydrogen) atoms.